The molecule has 6 heteroatoms. The van der Waals surface area contributed by atoms with Crippen molar-refractivity contribution in [3.05, 3.63) is 0 Å². The lowest BCUT2D eigenvalue weighted by Gasteiger charge is -2.31. The quantitative estimate of drug-likeness (QED) is 0.300. The van der Waals surface area contributed by atoms with Gasteiger partial charge in [0.1, 0.15) is 0 Å². The highest BCUT2D eigenvalue weighted by atomic mass is 16.6. The van der Waals surface area contributed by atoms with Crippen LogP contribution < -0.4 is 0 Å². The van der Waals surface area contributed by atoms with Crippen LogP contribution in [0.5, 0.6) is 0 Å². The Balaban J connectivity index is 1.63. The average molecular weight is 411 g/mol. The summed E-state index contributed by atoms with van der Waals surface area (Å²) in [5.41, 5.74) is 0. The van der Waals surface area contributed by atoms with Crippen molar-refractivity contribution in [1.29, 1.82) is 0 Å². The van der Waals surface area contributed by atoms with Gasteiger partial charge in [-0.25, -0.2) is 0 Å². The Hall–Kier alpha value is -1.14. The van der Waals surface area contributed by atoms with Crippen LogP contribution in [-0.2, 0) is 19.1 Å². The summed E-state index contributed by atoms with van der Waals surface area (Å²) in [6, 6.07) is 0. The predicted octanol–water partition coefficient (Wildman–Crippen LogP) is 4.12. The van der Waals surface area contributed by atoms with Crippen LogP contribution in [0.4, 0.5) is 0 Å². The minimum Gasteiger partial charge on any atom is -0.441 e. The van der Waals surface area contributed by atoms with Gasteiger partial charge in [-0.1, -0.05) is 58.3 Å². The van der Waals surface area contributed by atoms with Crippen LogP contribution in [-0.4, -0.2) is 67.3 Å². The number of morpholine rings is 1. The van der Waals surface area contributed by atoms with Crippen molar-refractivity contribution in [2.45, 2.75) is 96.6 Å². The van der Waals surface area contributed by atoms with Crippen molar-refractivity contribution in [3.8, 4) is 0 Å². The molecule has 0 aromatic heterocycles. The van der Waals surface area contributed by atoms with E-state index in [1.807, 2.05) is 0 Å². The number of esters is 1. The Morgan fingerprint density at radius 1 is 1.00 bits per heavy atom. The maximum atomic E-state index is 12.4. The predicted molar refractivity (Wildman–Crippen MR) is 115 cm³/mol. The van der Waals surface area contributed by atoms with E-state index in [-0.39, 0.29) is 11.9 Å². The normalized spacial score (nSPS) is 18.9. The van der Waals surface area contributed by atoms with Gasteiger partial charge in [0.05, 0.1) is 13.2 Å². The number of ether oxygens (including phenoxy) is 2. The smallest absolute Gasteiger partial charge is 0.307 e. The van der Waals surface area contributed by atoms with Gasteiger partial charge in [-0.2, -0.15) is 0 Å². The lowest BCUT2D eigenvalue weighted by atomic mass is 10.1. The third kappa shape index (κ3) is 9.94. The molecule has 0 radical (unpaired) electrons. The first-order valence-electron chi connectivity index (χ1n) is 12.0. The Morgan fingerprint density at radius 3 is 2.28 bits per heavy atom. The van der Waals surface area contributed by atoms with E-state index in [1.54, 1.807) is 4.90 Å². The molecule has 0 bridgehead atoms. The first-order valence-corrected chi connectivity index (χ1v) is 12.0. The molecule has 0 aromatic carbocycles. The second-order valence-electron chi connectivity index (χ2n) is 8.46. The Kier molecular flexibility index (Phi) is 12.3. The molecule has 2 heterocycles. The summed E-state index contributed by atoms with van der Waals surface area (Å²) in [6.07, 6.45) is 13.3. The first-order chi connectivity index (χ1) is 14.2. The van der Waals surface area contributed by atoms with E-state index in [4.69, 9.17) is 9.47 Å². The third-order valence-corrected chi connectivity index (χ3v) is 6.01. The van der Waals surface area contributed by atoms with E-state index in [1.165, 1.54) is 44.9 Å². The number of carbonyl (C=O) groups is 2. The minimum atomic E-state index is -0.404. The van der Waals surface area contributed by atoms with Crippen LogP contribution in [0.3, 0.4) is 0 Å². The minimum absolute atomic E-state index is 0.118. The molecule has 2 aliphatic rings. The van der Waals surface area contributed by atoms with E-state index in [0.29, 0.717) is 25.8 Å². The first kappa shape index (κ1) is 24.1. The molecular formula is C23H42N2O4. The van der Waals surface area contributed by atoms with E-state index in [2.05, 4.69) is 11.8 Å². The highest BCUT2D eigenvalue weighted by Crippen LogP contribution is 2.19. The number of likely N-dealkylation sites (tertiary alicyclic amines) is 1. The lowest BCUT2D eigenvalue weighted by molar-refractivity contribution is -0.164. The molecule has 6 nitrogen and oxygen atoms in total. The standard InChI is InChI=1S/C23H42N2O4/c1-2-3-4-5-6-7-8-9-10-13-23(27)29-22(25-15-11-12-21(25)26)14-16-24-17-19-28-20-18-24/h22H,2-20H2,1H3/t22-/m0/s1. The number of rotatable bonds is 15. The Labute approximate surface area is 177 Å². The van der Waals surface area contributed by atoms with Crippen molar-refractivity contribution in [2.75, 3.05) is 39.4 Å². The number of carbonyl (C=O) groups excluding carboxylic acids is 2. The number of hydrogen-bond acceptors (Lipinski definition) is 5. The maximum Gasteiger partial charge on any atom is 0.307 e. The number of hydrogen-bond donors (Lipinski definition) is 0. The van der Waals surface area contributed by atoms with Gasteiger partial charge < -0.3 is 14.4 Å². The Morgan fingerprint density at radius 2 is 1.66 bits per heavy atom. The van der Waals surface area contributed by atoms with Crippen LogP contribution in [0, 0.1) is 0 Å². The largest absolute Gasteiger partial charge is 0.441 e. The molecule has 29 heavy (non-hydrogen) atoms. The van der Waals surface area contributed by atoms with Crippen LogP contribution in [0.15, 0.2) is 0 Å². The topological polar surface area (TPSA) is 59.1 Å². The van der Waals surface area contributed by atoms with Crippen LogP contribution in [0.25, 0.3) is 0 Å². The molecule has 168 valence electrons. The second-order valence-corrected chi connectivity index (χ2v) is 8.46. The molecule has 0 aliphatic carbocycles. The molecule has 0 unspecified atom stereocenters. The summed E-state index contributed by atoms with van der Waals surface area (Å²) >= 11 is 0. The molecule has 0 aromatic rings. The number of nitrogens with zero attached hydrogens (tertiary/aromatic N) is 2. The van der Waals surface area contributed by atoms with Gasteiger partial charge in [-0.3, -0.25) is 14.5 Å². The van der Waals surface area contributed by atoms with E-state index < -0.39 is 6.23 Å². The molecule has 1 amide bonds. The van der Waals surface area contributed by atoms with E-state index >= 15 is 0 Å². The summed E-state index contributed by atoms with van der Waals surface area (Å²) < 4.78 is 11.2. The molecule has 0 spiro atoms. The average Bonchev–Trinajstić information content (AvgIpc) is 3.16. The molecule has 1 atom stereocenters. The zero-order chi connectivity index (χ0) is 20.7. The summed E-state index contributed by atoms with van der Waals surface area (Å²) in [5, 5.41) is 0. The van der Waals surface area contributed by atoms with Crippen LogP contribution >= 0.6 is 0 Å². The van der Waals surface area contributed by atoms with Gasteiger partial charge in [0.25, 0.3) is 0 Å². The number of unbranched alkanes of at least 4 members (excludes halogenated alkanes) is 8. The van der Waals surface area contributed by atoms with Crippen LogP contribution in [0.2, 0.25) is 0 Å². The van der Waals surface area contributed by atoms with Crippen molar-refractivity contribution >= 4 is 11.9 Å². The fraction of sp³-hybridized carbons (Fsp3) is 0.913. The summed E-state index contributed by atoms with van der Waals surface area (Å²) in [6.45, 7) is 7.12. The lowest BCUT2D eigenvalue weighted by Crippen LogP contribution is -2.44. The third-order valence-electron chi connectivity index (χ3n) is 6.01. The molecule has 2 aliphatic heterocycles. The summed E-state index contributed by atoms with van der Waals surface area (Å²) in [5.74, 6) is -0.0347. The van der Waals surface area contributed by atoms with Gasteiger partial charge >= 0.3 is 5.97 Å². The van der Waals surface area contributed by atoms with Crippen molar-refractivity contribution in [2.24, 2.45) is 0 Å². The van der Waals surface area contributed by atoms with Gasteiger partial charge in [-0.15, -0.1) is 0 Å². The molecule has 2 fully saturated rings. The molecule has 0 saturated carbocycles. The van der Waals surface area contributed by atoms with Crippen molar-refractivity contribution in [1.82, 2.24) is 9.80 Å². The monoisotopic (exact) mass is 410 g/mol. The second kappa shape index (κ2) is 14.8. The molecule has 0 N–H and O–H groups in total. The zero-order valence-electron chi connectivity index (χ0n) is 18.5. The molecular weight excluding hydrogens is 368 g/mol. The summed E-state index contributed by atoms with van der Waals surface area (Å²) in [7, 11) is 0. The SMILES string of the molecule is CCCCCCCCCCCC(=O)O[C@@H](CCN1CCOCC1)N1CCCC1=O. The molecule has 2 rings (SSSR count). The number of amides is 1. The van der Waals surface area contributed by atoms with Gasteiger partial charge in [-0.05, 0) is 12.8 Å². The van der Waals surface area contributed by atoms with Crippen molar-refractivity contribution in [3.63, 3.8) is 0 Å². The van der Waals surface area contributed by atoms with Gasteiger partial charge in [0.2, 0.25) is 5.91 Å². The van der Waals surface area contributed by atoms with Crippen molar-refractivity contribution < 1.29 is 19.1 Å². The van der Waals surface area contributed by atoms with Gasteiger partial charge in [0.15, 0.2) is 6.23 Å². The maximum absolute atomic E-state index is 12.4. The Bertz CT molecular complexity index is 466. The van der Waals surface area contributed by atoms with Gasteiger partial charge in [0, 0.05) is 45.4 Å². The highest BCUT2D eigenvalue weighted by Gasteiger charge is 2.30. The highest BCUT2D eigenvalue weighted by molar-refractivity contribution is 5.78. The van der Waals surface area contributed by atoms with E-state index in [0.717, 1.165) is 52.1 Å². The molecule has 2 saturated heterocycles. The fourth-order valence-electron chi connectivity index (χ4n) is 4.16. The van der Waals surface area contributed by atoms with Crippen LogP contribution in [0.1, 0.15) is 90.4 Å². The zero-order valence-corrected chi connectivity index (χ0v) is 18.5. The fourth-order valence-corrected chi connectivity index (χ4v) is 4.16. The summed E-state index contributed by atoms with van der Waals surface area (Å²) in [4.78, 5) is 28.7. The van der Waals surface area contributed by atoms with E-state index in [9.17, 15) is 9.59 Å².